The van der Waals surface area contributed by atoms with Crippen LogP contribution in [-0.2, 0) is 0 Å². The third-order valence-electron chi connectivity index (χ3n) is 3.77. The molecule has 0 N–H and O–H groups in total. The lowest BCUT2D eigenvalue weighted by molar-refractivity contribution is 0.137. The van der Waals surface area contributed by atoms with Crippen molar-refractivity contribution in [1.82, 2.24) is 4.90 Å². The van der Waals surface area contributed by atoms with Gasteiger partial charge in [0.2, 0.25) is 0 Å². The monoisotopic (exact) mass is 291 g/mol. The minimum Gasteiger partial charge on any atom is -0.303 e. The highest BCUT2D eigenvalue weighted by atomic mass is 79.9. The molecule has 0 rings (SSSR count). The minimum atomic E-state index is 0.488. The second-order valence-corrected chi connectivity index (χ2v) is 5.87. The van der Waals surface area contributed by atoms with E-state index in [1.807, 2.05) is 0 Å². The summed E-state index contributed by atoms with van der Waals surface area (Å²) in [6.07, 6.45) is 6.51. The molecule has 0 aliphatic heterocycles. The molecule has 0 radical (unpaired) electrons. The van der Waals surface area contributed by atoms with E-state index in [0.717, 1.165) is 5.33 Å². The molecule has 0 fully saturated rings. The standard InChI is InChI=1S/C14H30BrN/c1-6-9-14(11-15,10-7-2)12-16(5)13(4)8-3/h13H,6-12H2,1-5H3. The lowest BCUT2D eigenvalue weighted by Crippen LogP contribution is -2.41. The largest absolute Gasteiger partial charge is 0.303 e. The summed E-state index contributed by atoms with van der Waals surface area (Å²) in [6.45, 7) is 10.4. The first-order valence-corrected chi connectivity index (χ1v) is 7.93. The molecular formula is C14H30BrN. The third kappa shape index (κ3) is 5.18. The molecule has 0 aromatic carbocycles. The fraction of sp³-hybridized carbons (Fsp3) is 1.00. The molecule has 0 amide bonds. The maximum Gasteiger partial charge on any atom is 0.0100 e. The van der Waals surface area contributed by atoms with Crippen LogP contribution in [0.15, 0.2) is 0 Å². The molecule has 0 bridgehead atoms. The first-order chi connectivity index (χ1) is 7.55. The van der Waals surface area contributed by atoms with Crippen LogP contribution < -0.4 is 0 Å². The lowest BCUT2D eigenvalue weighted by atomic mass is 9.80. The maximum absolute atomic E-state index is 3.75. The van der Waals surface area contributed by atoms with Gasteiger partial charge in [-0.25, -0.2) is 0 Å². The zero-order valence-electron chi connectivity index (χ0n) is 11.9. The summed E-state index contributed by atoms with van der Waals surface area (Å²) in [5, 5.41) is 1.14. The van der Waals surface area contributed by atoms with Crippen molar-refractivity contribution in [2.45, 2.75) is 65.8 Å². The van der Waals surface area contributed by atoms with Gasteiger partial charge in [-0.2, -0.15) is 0 Å². The van der Waals surface area contributed by atoms with Crippen LogP contribution in [0.5, 0.6) is 0 Å². The number of halogens is 1. The number of alkyl halides is 1. The SMILES string of the molecule is CCCC(CBr)(CCC)CN(C)C(C)CC. The van der Waals surface area contributed by atoms with E-state index in [1.54, 1.807) is 0 Å². The van der Waals surface area contributed by atoms with Crippen LogP contribution in [0.2, 0.25) is 0 Å². The van der Waals surface area contributed by atoms with E-state index in [2.05, 4.69) is 55.6 Å². The topological polar surface area (TPSA) is 3.24 Å². The Bertz CT molecular complexity index is 164. The molecule has 0 saturated heterocycles. The zero-order chi connectivity index (χ0) is 12.6. The van der Waals surface area contributed by atoms with Gasteiger partial charge in [0, 0.05) is 17.9 Å². The highest BCUT2D eigenvalue weighted by molar-refractivity contribution is 9.09. The average Bonchev–Trinajstić information content (AvgIpc) is 2.28. The Hall–Kier alpha value is 0.440. The molecule has 2 heteroatoms. The van der Waals surface area contributed by atoms with Crippen molar-refractivity contribution in [2.75, 3.05) is 18.9 Å². The molecule has 16 heavy (non-hydrogen) atoms. The van der Waals surface area contributed by atoms with Crippen LogP contribution in [0, 0.1) is 5.41 Å². The first-order valence-electron chi connectivity index (χ1n) is 6.81. The van der Waals surface area contributed by atoms with E-state index >= 15 is 0 Å². The van der Waals surface area contributed by atoms with E-state index in [4.69, 9.17) is 0 Å². The molecule has 0 aromatic rings. The number of nitrogens with zero attached hydrogens (tertiary/aromatic N) is 1. The fourth-order valence-corrected chi connectivity index (χ4v) is 3.25. The summed E-state index contributed by atoms with van der Waals surface area (Å²) in [4.78, 5) is 2.53. The second-order valence-electron chi connectivity index (χ2n) is 5.31. The third-order valence-corrected chi connectivity index (χ3v) is 4.96. The number of hydrogen-bond acceptors (Lipinski definition) is 1. The Morgan fingerprint density at radius 3 is 1.94 bits per heavy atom. The van der Waals surface area contributed by atoms with Crippen molar-refractivity contribution < 1.29 is 0 Å². The van der Waals surface area contributed by atoms with Crippen molar-refractivity contribution >= 4 is 15.9 Å². The van der Waals surface area contributed by atoms with Gasteiger partial charge in [-0.1, -0.05) is 49.5 Å². The molecule has 1 atom stereocenters. The van der Waals surface area contributed by atoms with E-state index in [0.29, 0.717) is 11.5 Å². The van der Waals surface area contributed by atoms with Gasteiger partial charge in [0.1, 0.15) is 0 Å². The second kappa shape index (κ2) is 8.52. The normalized spacial score (nSPS) is 14.4. The average molecular weight is 292 g/mol. The van der Waals surface area contributed by atoms with Crippen LogP contribution in [0.25, 0.3) is 0 Å². The minimum absolute atomic E-state index is 0.488. The zero-order valence-corrected chi connectivity index (χ0v) is 13.4. The predicted molar refractivity (Wildman–Crippen MR) is 78.4 cm³/mol. The molecule has 98 valence electrons. The predicted octanol–water partition coefficient (Wildman–Crippen LogP) is 4.70. The van der Waals surface area contributed by atoms with Crippen LogP contribution in [0.3, 0.4) is 0 Å². The smallest absolute Gasteiger partial charge is 0.0100 e. The van der Waals surface area contributed by atoms with Gasteiger partial charge >= 0.3 is 0 Å². The molecule has 0 heterocycles. The van der Waals surface area contributed by atoms with Gasteiger partial charge < -0.3 is 4.90 Å². The van der Waals surface area contributed by atoms with Gasteiger partial charge in [0.05, 0.1) is 0 Å². The van der Waals surface area contributed by atoms with Crippen molar-refractivity contribution in [3.8, 4) is 0 Å². The first kappa shape index (κ1) is 16.4. The van der Waals surface area contributed by atoms with E-state index in [1.165, 1.54) is 38.6 Å². The highest BCUT2D eigenvalue weighted by Crippen LogP contribution is 2.33. The Labute approximate surface area is 111 Å². The number of rotatable bonds is 9. The van der Waals surface area contributed by atoms with Gasteiger partial charge in [-0.3, -0.25) is 0 Å². The summed E-state index contributed by atoms with van der Waals surface area (Å²) in [7, 11) is 2.27. The number of hydrogen-bond donors (Lipinski definition) is 0. The molecule has 0 aromatic heterocycles. The molecule has 0 aliphatic carbocycles. The highest BCUT2D eigenvalue weighted by Gasteiger charge is 2.29. The van der Waals surface area contributed by atoms with Crippen LogP contribution in [0.1, 0.15) is 59.8 Å². The van der Waals surface area contributed by atoms with Crippen LogP contribution in [0.4, 0.5) is 0 Å². The van der Waals surface area contributed by atoms with Crippen molar-refractivity contribution in [1.29, 1.82) is 0 Å². The molecule has 1 unspecified atom stereocenters. The van der Waals surface area contributed by atoms with Gasteiger partial charge in [-0.05, 0) is 38.6 Å². The van der Waals surface area contributed by atoms with E-state index in [-0.39, 0.29) is 0 Å². The Kier molecular flexibility index (Phi) is 8.75. The molecule has 0 aliphatic rings. The van der Waals surface area contributed by atoms with Crippen LogP contribution in [-0.4, -0.2) is 29.9 Å². The van der Waals surface area contributed by atoms with Crippen molar-refractivity contribution in [2.24, 2.45) is 5.41 Å². The fourth-order valence-electron chi connectivity index (χ4n) is 2.52. The van der Waals surface area contributed by atoms with E-state index in [9.17, 15) is 0 Å². The molecule has 0 saturated carbocycles. The summed E-state index contributed by atoms with van der Waals surface area (Å²) >= 11 is 3.75. The van der Waals surface area contributed by atoms with Crippen LogP contribution >= 0.6 is 15.9 Å². The Balaban J connectivity index is 4.49. The van der Waals surface area contributed by atoms with Gasteiger partial charge in [-0.15, -0.1) is 0 Å². The summed E-state index contributed by atoms with van der Waals surface area (Å²) in [5.74, 6) is 0. The molecular weight excluding hydrogens is 262 g/mol. The van der Waals surface area contributed by atoms with Crippen molar-refractivity contribution in [3.63, 3.8) is 0 Å². The quantitative estimate of drug-likeness (QED) is 0.557. The summed E-state index contributed by atoms with van der Waals surface area (Å²) < 4.78 is 0. The summed E-state index contributed by atoms with van der Waals surface area (Å²) in [6, 6.07) is 0.701. The van der Waals surface area contributed by atoms with E-state index < -0.39 is 0 Å². The van der Waals surface area contributed by atoms with Crippen molar-refractivity contribution in [3.05, 3.63) is 0 Å². The summed E-state index contributed by atoms with van der Waals surface area (Å²) in [5.41, 5.74) is 0.488. The van der Waals surface area contributed by atoms with Gasteiger partial charge in [0.25, 0.3) is 0 Å². The Morgan fingerprint density at radius 2 is 1.62 bits per heavy atom. The molecule has 0 spiro atoms. The molecule has 1 nitrogen and oxygen atoms in total. The van der Waals surface area contributed by atoms with Gasteiger partial charge in [0.15, 0.2) is 0 Å². The lowest BCUT2D eigenvalue weighted by Gasteiger charge is -2.38. The Morgan fingerprint density at radius 1 is 1.12 bits per heavy atom. The maximum atomic E-state index is 3.75.